The molecule has 1 amide bonds. The zero-order valence-corrected chi connectivity index (χ0v) is 17.1. The topological polar surface area (TPSA) is 73.0 Å². The van der Waals surface area contributed by atoms with Crippen LogP contribution in [0.5, 0.6) is 0 Å². The first-order chi connectivity index (χ1) is 13.9. The van der Waals surface area contributed by atoms with Crippen molar-refractivity contribution in [3.63, 3.8) is 0 Å². The summed E-state index contributed by atoms with van der Waals surface area (Å²) < 4.78 is 7.19. The maximum absolute atomic E-state index is 13.2. The molecule has 1 N–H and O–H groups in total. The van der Waals surface area contributed by atoms with Crippen molar-refractivity contribution < 1.29 is 9.21 Å². The predicted octanol–water partition coefficient (Wildman–Crippen LogP) is 4.24. The smallest absolute Gasteiger partial charge is 0.252 e. The molecule has 6 heteroatoms. The number of furan rings is 1. The van der Waals surface area contributed by atoms with Crippen LogP contribution in [0.25, 0.3) is 22.5 Å². The lowest BCUT2D eigenvalue weighted by atomic mass is 9.84. The minimum absolute atomic E-state index is 0.148. The minimum Gasteiger partial charge on any atom is -0.463 e. The predicted molar refractivity (Wildman–Crippen MR) is 113 cm³/mol. The van der Waals surface area contributed by atoms with Crippen LogP contribution >= 0.6 is 0 Å². The standard InChI is InChI=1S/C23H24N4O2/c1-15-20-17(22(28)24-14-23(2,3)16-9-6-5-7-10-16)13-18(19-11-8-12-29-19)25-21(20)27(4)26-15/h5-13H,14H2,1-4H3,(H,24,28). The molecule has 0 aliphatic rings. The molecule has 0 unspecified atom stereocenters. The fraction of sp³-hybridized carbons (Fsp3) is 0.261. The Hall–Kier alpha value is -3.41. The minimum atomic E-state index is -0.198. The number of rotatable bonds is 5. The molecular weight excluding hydrogens is 364 g/mol. The Labute approximate surface area is 169 Å². The molecule has 29 heavy (non-hydrogen) atoms. The summed E-state index contributed by atoms with van der Waals surface area (Å²) in [6.45, 7) is 6.64. The maximum Gasteiger partial charge on any atom is 0.252 e. The van der Waals surface area contributed by atoms with Gasteiger partial charge < -0.3 is 9.73 Å². The lowest BCUT2D eigenvalue weighted by molar-refractivity contribution is 0.0947. The third-order valence-corrected chi connectivity index (χ3v) is 5.23. The van der Waals surface area contributed by atoms with Crippen LogP contribution < -0.4 is 5.32 Å². The van der Waals surface area contributed by atoms with Crippen LogP contribution in [0.2, 0.25) is 0 Å². The van der Waals surface area contributed by atoms with Gasteiger partial charge in [-0.15, -0.1) is 0 Å². The Balaban J connectivity index is 1.70. The van der Waals surface area contributed by atoms with Crippen molar-refractivity contribution in [3.05, 3.63) is 71.6 Å². The van der Waals surface area contributed by atoms with Crippen molar-refractivity contribution in [3.8, 4) is 11.5 Å². The molecule has 148 valence electrons. The third-order valence-electron chi connectivity index (χ3n) is 5.23. The number of carbonyl (C=O) groups is 1. The Morgan fingerprint density at radius 1 is 1.17 bits per heavy atom. The van der Waals surface area contributed by atoms with E-state index in [1.807, 2.05) is 38.2 Å². The highest BCUT2D eigenvalue weighted by molar-refractivity contribution is 6.07. The maximum atomic E-state index is 13.2. The number of aromatic nitrogens is 3. The fourth-order valence-corrected chi connectivity index (χ4v) is 3.56. The SMILES string of the molecule is Cc1nn(C)c2nc(-c3ccco3)cc(C(=O)NCC(C)(C)c3ccccc3)c12. The highest BCUT2D eigenvalue weighted by atomic mass is 16.3. The summed E-state index contributed by atoms with van der Waals surface area (Å²) in [5.74, 6) is 0.467. The molecule has 4 aromatic rings. The summed E-state index contributed by atoms with van der Waals surface area (Å²) in [5.41, 5.74) is 3.57. The molecule has 0 aliphatic carbocycles. The van der Waals surface area contributed by atoms with Crippen LogP contribution in [0.3, 0.4) is 0 Å². The second kappa shape index (κ2) is 7.20. The van der Waals surface area contributed by atoms with Gasteiger partial charge in [0.1, 0.15) is 5.69 Å². The average Bonchev–Trinajstić information content (AvgIpc) is 3.35. The van der Waals surface area contributed by atoms with E-state index in [1.165, 1.54) is 5.56 Å². The molecule has 3 aromatic heterocycles. The summed E-state index contributed by atoms with van der Waals surface area (Å²) in [6.07, 6.45) is 1.60. The second-order valence-corrected chi connectivity index (χ2v) is 7.87. The number of pyridine rings is 1. The van der Waals surface area contributed by atoms with Gasteiger partial charge in [0.05, 0.1) is 22.9 Å². The fourth-order valence-electron chi connectivity index (χ4n) is 3.56. The largest absolute Gasteiger partial charge is 0.463 e. The second-order valence-electron chi connectivity index (χ2n) is 7.87. The van der Waals surface area contributed by atoms with Crippen molar-refractivity contribution in [2.45, 2.75) is 26.2 Å². The van der Waals surface area contributed by atoms with E-state index in [4.69, 9.17) is 4.42 Å². The van der Waals surface area contributed by atoms with Gasteiger partial charge in [-0.2, -0.15) is 5.10 Å². The summed E-state index contributed by atoms with van der Waals surface area (Å²) in [5, 5.41) is 8.32. The molecule has 0 aliphatic heterocycles. The van der Waals surface area contributed by atoms with Crippen LogP contribution in [0.4, 0.5) is 0 Å². The number of fused-ring (bicyclic) bond motifs is 1. The monoisotopic (exact) mass is 388 g/mol. The highest BCUT2D eigenvalue weighted by Gasteiger charge is 2.24. The molecule has 0 spiro atoms. The molecule has 0 fully saturated rings. The van der Waals surface area contributed by atoms with Crippen molar-refractivity contribution in [1.29, 1.82) is 0 Å². The van der Waals surface area contributed by atoms with Gasteiger partial charge in [0.2, 0.25) is 0 Å². The number of nitrogens with zero attached hydrogens (tertiary/aromatic N) is 3. The normalized spacial score (nSPS) is 11.7. The van der Waals surface area contributed by atoms with E-state index in [2.05, 4.69) is 41.4 Å². The molecule has 0 saturated carbocycles. The highest BCUT2D eigenvalue weighted by Crippen LogP contribution is 2.28. The van der Waals surface area contributed by atoms with Gasteiger partial charge in [0, 0.05) is 19.0 Å². The third kappa shape index (κ3) is 3.53. The summed E-state index contributed by atoms with van der Waals surface area (Å²) in [7, 11) is 1.83. The summed E-state index contributed by atoms with van der Waals surface area (Å²) in [6, 6.07) is 15.6. The van der Waals surface area contributed by atoms with Crippen molar-refractivity contribution >= 4 is 16.9 Å². The van der Waals surface area contributed by atoms with E-state index in [0.29, 0.717) is 29.2 Å². The number of aryl methyl sites for hydroxylation is 2. The van der Waals surface area contributed by atoms with Gasteiger partial charge in [0.15, 0.2) is 11.4 Å². The Morgan fingerprint density at radius 2 is 1.93 bits per heavy atom. The number of hydrogen-bond donors (Lipinski definition) is 1. The summed E-state index contributed by atoms with van der Waals surface area (Å²) >= 11 is 0. The zero-order valence-electron chi connectivity index (χ0n) is 17.1. The molecule has 0 bridgehead atoms. The van der Waals surface area contributed by atoms with Gasteiger partial charge >= 0.3 is 0 Å². The van der Waals surface area contributed by atoms with E-state index in [-0.39, 0.29) is 11.3 Å². The average molecular weight is 388 g/mol. The molecule has 1 aromatic carbocycles. The first-order valence-electron chi connectivity index (χ1n) is 9.59. The molecule has 0 radical (unpaired) electrons. The molecule has 6 nitrogen and oxygen atoms in total. The first-order valence-corrected chi connectivity index (χ1v) is 9.59. The van der Waals surface area contributed by atoms with Crippen LogP contribution in [0.15, 0.2) is 59.2 Å². The van der Waals surface area contributed by atoms with Crippen LogP contribution in [0, 0.1) is 6.92 Å². The Kier molecular flexibility index (Phi) is 4.70. The number of hydrogen-bond acceptors (Lipinski definition) is 4. The van der Waals surface area contributed by atoms with Crippen LogP contribution in [-0.2, 0) is 12.5 Å². The Morgan fingerprint density at radius 3 is 2.62 bits per heavy atom. The molecule has 0 saturated heterocycles. The number of nitrogens with one attached hydrogen (secondary N) is 1. The van der Waals surface area contributed by atoms with E-state index < -0.39 is 0 Å². The Bertz CT molecular complexity index is 1160. The molecule has 4 rings (SSSR count). The quantitative estimate of drug-likeness (QED) is 0.555. The summed E-state index contributed by atoms with van der Waals surface area (Å²) in [4.78, 5) is 17.9. The number of carbonyl (C=O) groups excluding carboxylic acids is 1. The molecular formula is C23H24N4O2. The van der Waals surface area contributed by atoms with Gasteiger partial charge in [0.25, 0.3) is 5.91 Å². The van der Waals surface area contributed by atoms with E-state index >= 15 is 0 Å². The zero-order chi connectivity index (χ0) is 20.6. The van der Waals surface area contributed by atoms with Crippen molar-refractivity contribution in [1.82, 2.24) is 20.1 Å². The molecule has 3 heterocycles. The van der Waals surface area contributed by atoms with Crippen molar-refractivity contribution in [2.75, 3.05) is 6.54 Å². The lowest BCUT2D eigenvalue weighted by Gasteiger charge is -2.25. The van der Waals surface area contributed by atoms with Gasteiger partial charge in [-0.05, 0) is 30.7 Å². The first kappa shape index (κ1) is 18.9. The van der Waals surface area contributed by atoms with Crippen molar-refractivity contribution in [2.24, 2.45) is 7.05 Å². The van der Waals surface area contributed by atoms with Crippen LogP contribution in [0.1, 0.15) is 35.5 Å². The number of amides is 1. The van der Waals surface area contributed by atoms with Gasteiger partial charge in [-0.1, -0.05) is 44.2 Å². The van der Waals surface area contributed by atoms with E-state index in [1.54, 1.807) is 23.1 Å². The van der Waals surface area contributed by atoms with E-state index in [9.17, 15) is 4.79 Å². The number of benzene rings is 1. The van der Waals surface area contributed by atoms with Gasteiger partial charge in [-0.25, -0.2) is 4.98 Å². The van der Waals surface area contributed by atoms with E-state index in [0.717, 1.165) is 11.1 Å². The lowest BCUT2D eigenvalue weighted by Crippen LogP contribution is -2.36. The molecule has 0 atom stereocenters. The van der Waals surface area contributed by atoms with Crippen LogP contribution in [-0.4, -0.2) is 27.2 Å². The van der Waals surface area contributed by atoms with Gasteiger partial charge in [-0.3, -0.25) is 9.48 Å².